The molecule has 0 aliphatic carbocycles. The highest BCUT2D eigenvalue weighted by Gasteiger charge is 2.28. The molecule has 0 spiro atoms. The molecule has 0 aliphatic heterocycles. The zero-order valence-corrected chi connectivity index (χ0v) is 17.9. The van der Waals surface area contributed by atoms with Gasteiger partial charge in [0.25, 0.3) is 0 Å². The van der Waals surface area contributed by atoms with E-state index in [2.05, 4.69) is 42.1 Å². The van der Waals surface area contributed by atoms with Crippen molar-refractivity contribution in [3.63, 3.8) is 0 Å². The van der Waals surface area contributed by atoms with Crippen LogP contribution in [-0.4, -0.2) is 12.1 Å². The van der Waals surface area contributed by atoms with E-state index in [0.29, 0.717) is 0 Å². The zero-order chi connectivity index (χ0) is 21.8. The van der Waals surface area contributed by atoms with E-state index in [-0.39, 0.29) is 0 Å². The van der Waals surface area contributed by atoms with Crippen LogP contribution in [0.3, 0.4) is 0 Å². The van der Waals surface area contributed by atoms with Gasteiger partial charge in [-0.15, -0.1) is 0 Å². The Balaban J connectivity index is 0.000000956. The molecule has 1 heterocycles. The molecule has 0 fully saturated rings. The van der Waals surface area contributed by atoms with E-state index in [1.807, 2.05) is 0 Å². The predicted octanol–water partition coefficient (Wildman–Crippen LogP) is 5.75. The van der Waals surface area contributed by atoms with E-state index in [9.17, 15) is 13.2 Å². The first-order valence-electron chi connectivity index (χ1n) is 11.1. The normalized spacial score (nSPS) is 11.0. The van der Waals surface area contributed by atoms with Crippen molar-refractivity contribution in [2.75, 3.05) is 0 Å². The van der Waals surface area contributed by atoms with Gasteiger partial charge in [-0.25, -0.2) is 4.57 Å². The van der Waals surface area contributed by atoms with E-state index in [1.54, 1.807) is 0 Å². The molecule has 1 rings (SSSR count). The monoisotopic (exact) mass is 417 g/mol. The van der Waals surface area contributed by atoms with Crippen molar-refractivity contribution in [3.05, 3.63) is 30.6 Å². The lowest BCUT2D eigenvalue weighted by molar-refractivity contribution is -0.697. The average molecular weight is 418 g/mol. The van der Waals surface area contributed by atoms with Crippen LogP contribution in [0.1, 0.15) is 96.8 Å². The van der Waals surface area contributed by atoms with Gasteiger partial charge in [-0.1, -0.05) is 90.0 Å². The Bertz CT molecular complexity index is 493. The summed E-state index contributed by atoms with van der Waals surface area (Å²) in [5, 5.41) is 8.78. The molecule has 0 aliphatic rings. The SMILES string of the molecule is CCCCCCCCCCCCCCCC[n+]1ccccc1.O=C([O-])C(F)(F)F. The number of pyridine rings is 1. The van der Waals surface area contributed by atoms with Crippen LogP contribution in [0.2, 0.25) is 0 Å². The Morgan fingerprint density at radius 3 is 1.41 bits per heavy atom. The molecule has 0 amide bonds. The van der Waals surface area contributed by atoms with Gasteiger partial charge in [0.05, 0.1) is 0 Å². The molecule has 29 heavy (non-hydrogen) atoms. The number of aliphatic carboxylic acids is 1. The summed E-state index contributed by atoms with van der Waals surface area (Å²) in [6, 6.07) is 6.31. The molecular formula is C23H38F3NO2. The lowest BCUT2D eigenvalue weighted by Gasteiger charge is -2.03. The molecule has 0 bridgehead atoms. The number of carbonyl (C=O) groups excluding carboxylic acids is 1. The zero-order valence-electron chi connectivity index (χ0n) is 17.9. The largest absolute Gasteiger partial charge is 0.542 e. The Morgan fingerprint density at radius 1 is 0.724 bits per heavy atom. The number of nitrogens with zero attached hydrogens (tertiary/aromatic N) is 1. The fraction of sp³-hybridized carbons (Fsp3) is 0.739. The quantitative estimate of drug-likeness (QED) is 0.269. The number of halogens is 3. The van der Waals surface area contributed by atoms with E-state index >= 15 is 0 Å². The molecule has 3 nitrogen and oxygen atoms in total. The van der Waals surface area contributed by atoms with E-state index in [1.165, 1.54) is 96.4 Å². The summed E-state index contributed by atoms with van der Waals surface area (Å²) in [6.45, 7) is 3.47. The molecule has 0 N–H and O–H groups in total. The number of hydrogen-bond acceptors (Lipinski definition) is 2. The summed E-state index contributed by atoms with van der Waals surface area (Å²) < 4.78 is 33.8. The highest BCUT2D eigenvalue weighted by molar-refractivity contribution is 5.70. The number of alkyl halides is 3. The Hall–Kier alpha value is -1.59. The van der Waals surface area contributed by atoms with Gasteiger partial charge < -0.3 is 9.90 Å². The number of carboxylic acid groups (broad SMARTS) is 1. The third kappa shape index (κ3) is 19.5. The number of carbonyl (C=O) groups is 1. The van der Waals surface area contributed by atoms with Gasteiger partial charge in [-0.05, 0) is 6.42 Å². The van der Waals surface area contributed by atoms with Crippen LogP contribution in [0, 0.1) is 0 Å². The fourth-order valence-electron chi connectivity index (χ4n) is 3.07. The van der Waals surface area contributed by atoms with Crippen LogP contribution in [0.5, 0.6) is 0 Å². The summed E-state index contributed by atoms with van der Waals surface area (Å²) in [5.41, 5.74) is 0. The Labute approximate surface area is 174 Å². The fourth-order valence-corrected chi connectivity index (χ4v) is 3.07. The highest BCUT2D eigenvalue weighted by Crippen LogP contribution is 2.13. The van der Waals surface area contributed by atoms with Crippen LogP contribution in [0.4, 0.5) is 13.2 Å². The molecule has 0 unspecified atom stereocenters. The van der Waals surface area contributed by atoms with Crippen LogP contribution in [-0.2, 0) is 11.3 Å². The lowest BCUT2D eigenvalue weighted by atomic mass is 10.0. The molecule has 0 saturated heterocycles. The van der Waals surface area contributed by atoms with Gasteiger partial charge in [0.15, 0.2) is 12.4 Å². The summed E-state index contributed by atoms with van der Waals surface area (Å²) in [6.07, 6.45) is 19.2. The molecule has 168 valence electrons. The van der Waals surface area contributed by atoms with E-state index in [0.717, 1.165) is 0 Å². The second-order valence-corrected chi connectivity index (χ2v) is 7.49. The van der Waals surface area contributed by atoms with E-state index in [4.69, 9.17) is 9.90 Å². The molecule has 0 atom stereocenters. The first kappa shape index (κ1) is 27.4. The molecule has 1 aromatic heterocycles. The minimum atomic E-state index is -5.19. The highest BCUT2D eigenvalue weighted by atomic mass is 19.4. The van der Waals surface area contributed by atoms with Crippen molar-refractivity contribution in [3.8, 4) is 0 Å². The van der Waals surface area contributed by atoms with Crippen molar-refractivity contribution < 1.29 is 27.6 Å². The topological polar surface area (TPSA) is 44.0 Å². The van der Waals surface area contributed by atoms with Crippen LogP contribution in [0.15, 0.2) is 30.6 Å². The summed E-state index contributed by atoms with van der Waals surface area (Å²) in [7, 11) is 0. The number of aryl methyl sites for hydroxylation is 1. The van der Waals surface area contributed by atoms with Gasteiger partial charge in [-0.2, -0.15) is 13.2 Å². The predicted molar refractivity (Wildman–Crippen MR) is 108 cm³/mol. The van der Waals surface area contributed by atoms with Gasteiger partial charge in [0.2, 0.25) is 0 Å². The van der Waals surface area contributed by atoms with Crippen molar-refractivity contribution >= 4 is 5.97 Å². The van der Waals surface area contributed by atoms with Gasteiger partial charge >= 0.3 is 6.18 Å². The number of unbranched alkanes of at least 4 members (excludes halogenated alkanes) is 13. The number of rotatable bonds is 15. The minimum Gasteiger partial charge on any atom is -0.542 e. The third-order valence-corrected chi connectivity index (χ3v) is 4.78. The molecule has 0 radical (unpaired) electrons. The van der Waals surface area contributed by atoms with Crippen LogP contribution in [0.25, 0.3) is 0 Å². The maximum atomic E-state index is 10.5. The first-order chi connectivity index (χ1) is 13.9. The summed E-state index contributed by atoms with van der Waals surface area (Å²) in [4.78, 5) is 8.78. The summed E-state index contributed by atoms with van der Waals surface area (Å²) in [5.74, 6) is -3.01. The molecule has 1 aromatic rings. The van der Waals surface area contributed by atoms with Gasteiger partial charge in [-0.3, -0.25) is 0 Å². The molecule has 0 saturated carbocycles. The van der Waals surface area contributed by atoms with Crippen molar-refractivity contribution in [2.45, 2.75) is 110 Å². The summed E-state index contributed by atoms with van der Waals surface area (Å²) >= 11 is 0. The van der Waals surface area contributed by atoms with Gasteiger partial charge in [0, 0.05) is 18.6 Å². The average Bonchev–Trinajstić information content (AvgIpc) is 2.69. The maximum absolute atomic E-state index is 10.5. The van der Waals surface area contributed by atoms with Crippen LogP contribution < -0.4 is 9.67 Å². The maximum Gasteiger partial charge on any atom is 0.430 e. The number of hydrogen-bond donors (Lipinski definition) is 0. The number of aromatic nitrogens is 1. The second kappa shape index (κ2) is 18.4. The first-order valence-corrected chi connectivity index (χ1v) is 11.1. The number of carboxylic acids is 1. The van der Waals surface area contributed by atoms with Crippen LogP contribution >= 0.6 is 0 Å². The lowest BCUT2D eigenvalue weighted by Crippen LogP contribution is -2.37. The van der Waals surface area contributed by atoms with Crippen molar-refractivity contribution in [2.24, 2.45) is 0 Å². The van der Waals surface area contributed by atoms with Crippen molar-refractivity contribution in [1.29, 1.82) is 0 Å². The minimum absolute atomic E-state index is 1.18. The third-order valence-electron chi connectivity index (χ3n) is 4.78. The molecule has 0 aromatic carbocycles. The standard InChI is InChI=1S/C21H38N.C2HF3O2/c1-2-3-4-5-6-7-8-9-10-11-12-13-14-16-19-22-20-17-15-18-21-22;3-2(4,5)1(6)7/h15,17-18,20-21H,2-14,16,19H2,1H3;(H,6,7)/q+1;/p-1. The second-order valence-electron chi connectivity index (χ2n) is 7.49. The van der Waals surface area contributed by atoms with Gasteiger partial charge in [0.1, 0.15) is 12.5 Å². The smallest absolute Gasteiger partial charge is 0.430 e. The van der Waals surface area contributed by atoms with Crippen molar-refractivity contribution in [1.82, 2.24) is 0 Å². The molecule has 6 heteroatoms. The molecular weight excluding hydrogens is 379 g/mol. The Kier molecular flexibility index (Phi) is 17.4. The Morgan fingerprint density at radius 2 is 1.07 bits per heavy atom. The van der Waals surface area contributed by atoms with E-state index < -0.39 is 12.1 Å².